The predicted molar refractivity (Wildman–Crippen MR) is 73.8 cm³/mol. The van der Waals surface area contributed by atoms with Crippen LogP contribution in [0.15, 0.2) is 30.3 Å². The number of hydrogen-bond donors (Lipinski definition) is 2. The molecule has 6 nitrogen and oxygen atoms in total. The third kappa shape index (κ3) is 3.48. The van der Waals surface area contributed by atoms with Gasteiger partial charge < -0.3 is 15.2 Å². The molecular weight excluding hydrogens is 260 g/mol. The summed E-state index contributed by atoms with van der Waals surface area (Å²) in [7, 11) is 1.68. The highest BCUT2D eigenvalue weighted by molar-refractivity contribution is 5.91. The van der Waals surface area contributed by atoms with E-state index in [4.69, 9.17) is 9.84 Å². The van der Waals surface area contributed by atoms with Gasteiger partial charge in [-0.05, 0) is 25.0 Å². The van der Waals surface area contributed by atoms with Crippen LogP contribution in [0.4, 0.5) is 10.5 Å². The van der Waals surface area contributed by atoms with Crippen LogP contribution in [0.25, 0.3) is 0 Å². The minimum atomic E-state index is -0.944. The number of rotatable bonds is 4. The molecule has 1 aromatic carbocycles. The zero-order valence-electron chi connectivity index (χ0n) is 11.3. The molecule has 108 valence electrons. The van der Waals surface area contributed by atoms with Crippen LogP contribution in [0.5, 0.6) is 0 Å². The maximum Gasteiger partial charge on any atom is 0.332 e. The Labute approximate surface area is 117 Å². The van der Waals surface area contributed by atoms with Crippen LogP contribution in [-0.2, 0) is 9.53 Å². The van der Waals surface area contributed by atoms with Gasteiger partial charge in [-0.25, -0.2) is 9.59 Å². The van der Waals surface area contributed by atoms with Crippen molar-refractivity contribution in [1.29, 1.82) is 0 Å². The highest BCUT2D eigenvalue weighted by Crippen LogP contribution is 2.19. The Hall–Kier alpha value is -2.08. The number of carboxylic acid groups (broad SMARTS) is 1. The Kier molecular flexibility index (Phi) is 4.57. The fraction of sp³-hybridized carbons (Fsp3) is 0.429. The molecule has 0 aliphatic carbocycles. The van der Waals surface area contributed by atoms with E-state index in [2.05, 4.69) is 5.32 Å². The minimum absolute atomic E-state index is 0.232. The number of hydrogen-bond acceptors (Lipinski definition) is 3. The number of carboxylic acids is 1. The van der Waals surface area contributed by atoms with Crippen LogP contribution in [0.2, 0.25) is 0 Å². The van der Waals surface area contributed by atoms with E-state index >= 15 is 0 Å². The van der Waals surface area contributed by atoms with E-state index in [0.717, 1.165) is 5.69 Å². The molecule has 2 N–H and O–H groups in total. The molecule has 20 heavy (non-hydrogen) atoms. The summed E-state index contributed by atoms with van der Waals surface area (Å²) < 4.78 is 5.33. The average Bonchev–Trinajstić information content (AvgIpc) is 2.94. The van der Waals surface area contributed by atoms with Crippen molar-refractivity contribution in [2.24, 2.45) is 0 Å². The van der Waals surface area contributed by atoms with Gasteiger partial charge >= 0.3 is 12.0 Å². The zero-order chi connectivity index (χ0) is 14.5. The lowest BCUT2D eigenvalue weighted by Crippen LogP contribution is -2.41. The monoisotopic (exact) mass is 278 g/mol. The summed E-state index contributed by atoms with van der Waals surface area (Å²) in [6, 6.07) is 9.04. The van der Waals surface area contributed by atoms with E-state index in [1.165, 1.54) is 4.90 Å². The number of para-hydroxylation sites is 1. The zero-order valence-corrected chi connectivity index (χ0v) is 11.3. The van der Waals surface area contributed by atoms with Crippen LogP contribution in [-0.4, -0.2) is 42.9 Å². The van der Waals surface area contributed by atoms with Crippen LogP contribution < -0.4 is 10.2 Å². The number of benzene rings is 1. The number of carbonyl (C=O) groups is 2. The van der Waals surface area contributed by atoms with Crippen molar-refractivity contribution in [2.75, 3.05) is 18.5 Å². The first-order valence-corrected chi connectivity index (χ1v) is 6.53. The molecule has 1 fully saturated rings. The van der Waals surface area contributed by atoms with Crippen LogP contribution in [0.3, 0.4) is 0 Å². The normalized spacial score (nSPS) is 21.4. The molecule has 0 radical (unpaired) electrons. The number of nitrogens with zero attached hydrogens (tertiary/aromatic N) is 1. The van der Waals surface area contributed by atoms with Crippen LogP contribution in [0.1, 0.15) is 12.8 Å². The topological polar surface area (TPSA) is 78.9 Å². The van der Waals surface area contributed by atoms with Gasteiger partial charge in [0.25, 0.3) is 0 Å². The Morgan fingerprint density at radius 2 is 2.05 bits per heavy atom. The van der Waals surface area contributed by atoms with Gasteiger partial charge in [-0.3, -0.25) is 4.90 Å². The molecule has 0 spiro atoms. The summed E-state index contributed by atoms with van der Waals surface area (Å²) >= 11 is 0. The molecule has 1 aliphatic heterocycles. The summed E-state index contributed by atoms with van der Waals surface area (Å²) in [5.41, 5.74) is 0.792. The molecule has 6 heteroatoms. The fourth-order valence-electron chi connectivity index (χ4n) is 2.13. The van der Waals surface area contributed by atoms with E-state index in [-0.39, 0.29) is 12.1 Å². The van der Waals surface area contributed by atoms with E-state index in [0.29, 0.717) is 19.4 Å². The number of ether oxygens (including phenoxy) is 1. The van der Waals surface area contributed by atoms with Gasteiger partial charge in [0.2, 0.25) is 0 Å². The number of nitrogens with one attached hydrogen (secondary N) is 1. The molecule has 2 atom stereocenters. The second-order valence-corrected chi connectivity index (χ2v) is 4.74. The third-order valence-electron chi connectivity index (χ3n) is 3.31. The van der Waals surface area contributed by atoms with E-state index in [1.54, 1.807) is 7.05 Å². The smallest absolute Gasteiger partial charge is 0.332 e. The molecule has 1 aromatic rings. The molecular formula is C14H18N2O4. The van der Waals surface area contributed by atoms with Gasteiger partial charge in [0.1, 0.15) is 0 Å². The highest BCUT2D eigenvalue weighted by atomic mass is 16.5. The van der Waals surface area contributed by atoms with Crippen molar-refractivity contribution in [3.8, 4) is 0 Å². The predicted octanol–water partition coefficient (Wildman–Crippen LogP) is 1.46. The number of anilines is 1. The molecule has 1 heterocycles. The second kappa shape index (κ2) is 6.38. The lowest BCUT2D eigenvalue weighted by atomic mass is 10.2. The Morgan fingerprint density at radius 1 is 1.35 bits per heavy atom. The first kappa shape index (κ1) is 14.3. The minimum Gasteiger partial charge on any atom is -0.479 e. The molecule has 0 saturated carbocycles. The summed E-state index contributed by atoms with van der Waals surface area (Å²) in [5.74, 6) is -0.944. The van der Waals surface area contributed by atoms with Crippen molar-refractivity contribution in [3.05, 3.63) is 30.3 Å². The molecule has 2 unspecified atom stereocenters. The highest BCUT2D eigenvalue weighted by Gasteiger charge is 2.30. The van der Waals surface area contributed by atoms with Crippen molar-refractivity contribution in [2.45, 2.75) is 25.0 Å². The number of amides is 2. The van der Waals surface area contributed by atoms with E-state index in [9.17, 15) is 9.59 Å². The largest absolute Gasteiger partial charge is 0.479 e. The number of urea groups is 1. The fourth-order valence-corrected chi connectivity index (χ4v) is 2.13. The van der Waals surface area contributed by atoms with Gasteiger partial charge in [0, 0.05) is 19.3 Å². The second-order valence-electron chi connectivity index (χ2n) is 4.74. The van der Waals surface area contributed by atoms with Gasteiger partial charge in [-0.15, -0.1) is 0 Å². The molecule has 0 aromatic heterocycles. The molecule has 0 bridgehead atoms. The third-order valence-corrected chi connectivity index (χ3v) is 3.31. The first-order chi connectivity index (χ1) is 9.58. The van der Waals surface area contributed by atoms with Crippen molar-refractivity contribution < 1.29 is 19.4 Å². The summed E-state index contributed by atoms with van der Waals surface area (Å²) in [6.45, 7) is 0.319. The SMILES string of the molecule is CN(C(=O)NCC1CCC(C(=O)O)O1)c1ccccc1. The van der Waals surface area contributed by atoms with E-state index < -0.39 is 12.1 Å². The maximum absolute atomic E-state index is 12.0. The summed E-state index contributed by atoms with van der Waals surface area (Å²) in [6.07, 6.45) is 0.157. The molecule has 2 rings (SSSR count). The van der Waals surface area contributed by atoms with Crippen molar-refractivity contribution in [1.82, 2.24) is 5.32 Å². The first-order valence-electron chi connectivity index (χ1n) is 6.53. The maximum atomic E-state index is 12.0. The van der Waals surface area contributed by atoms with Gasteiger partial charge in [0.05, 0.1) is 6.10 Å². The quantitative estimate of drug-likeness (QED) is 0.874. The Bertz CT molecular complexity index is 477. The summed E-state index contributed by atoms with van der Waals surface area (Å²) in [4.78, 5) is 24.2. The molecule has 1 saturated heterocycles. The Morgan fingerprint density at radius 3 is 2.65 bits per heavy atom. The van der Waals surface area contributed by atoms with Crippen LogP contribution in [0, 0.1) is 0 Å². The molecule has 1 aliphatic rings. The van der Waals surface area contributed by atoms with Crippen LogP contribution >= 0.6 is 0 Å². The lowest BCUT2D eigenvalue weighted by Gasteiger charge is -2.19. The molecule has 2 amide bonds. The van der Waals surface area contributed by atoms with E-state index in [1.807, 2.05) is 30.3 Å². The standard InChI is InChI=1S/C14H18N2O4/c1-16(10-5-3-2-4-6-10)14(19)15-9-11-7-8-12(20-11)13(17)18/h2-6,11-12H,7-9H2,1H3,(H,15,19)(H,17,18). The van der Waals surface area contributed by atoms with Gasteiger partial charge in [-0.2, -0.15) is 0 Å². The lowest BCUT2D eigenvalue weighted by molar-refractivity contribution is -0.149. The number of carbonyl (C=O) groups excluding carboxylic acids is 1. The van der Waals surface area contributed by atoms with Gasteiger partial charge in [0.15, 0.2) is 6.10 Å². The van der Waals surface area contributed by atoms with Crippen molar-refractivity contribution in [3.63, 3.8) is 0 Å². The van der Waals surface area contributed by atoms with Crippen molar-refractivity contribution >= 4 is 17.7 Å². The average molecular weight is 278 g/mol. The van der Waals surface area contributed by atoms with Gasteiger partial charge in [-0.1, -0.05) is 18.2 Å². The number of aliphatic carboxylic acids is 1. The Balaban J connectivity index is 1.80. The summed E-state index contributed by atoms with van der Waals surface area (Å²) in [5, 5.41) is 11.6.